The van der Waals surface area contributed by atoms with Crippen LogP contribution in [0.15, 0.2) is 6.07 Å². The maximum absolute atomic E-state index is 13.9. The highest BCUT2D eigenvalue weighted by atomic mass is 127. The standard InChI is InChI=1S/C26H30I3N3O13/c1-12(33)41-9-17(44-15(4)36)7-30-25(39)22-19(27)6-20(28)23(24(22)29)26(40)32(31-21(38)11-43-14(3)35)8-18(45-16(5)37)10-42-13(2)34/h6,17-18H,7-11H2,1-5H3,(H,30,39)(H,31,38). The Labute approximate surface area is 298 Å². The molecule has 45 heavy (non-hydrogen) atoms. The van der Waals surface area contributed by atoms with Crippen molar-refractivity contribution in [1.82, 2.24) is 15.8 Å². The first-order valence-electron chi connectivity index (χ1n) is 12.7. The first kappa shape index (κ1) is 40.2. The third-order valence-corrected chi connectivity index (χ3v) is 7.79. The van der Waals surface area contributed by atoms with Crippen LogP contribution >= 0.6 is 67.8 Å². The fourth-order valence-electron chi connectivity index (χ4n) is 3.31. The summed E-state index contributed by atoms with van der Waals surface area (Å²) in [6.45, 7) is 3.40. The predicted molar refractivity (Wildman–Crippen MR) is 177 cm³/mol. The Bertz CT molecular complexity index is 1340. The smallest absolute Gasteiger partial charge is 0.303 e. The molecule has 0 aromatic heterocycles. The SMILES string of the molecule is CC(=O)OCC(=O)NN(CC(COC(C)=O)OC(C)=O)C(=O)c1c(I)cc(I)c(C(=O)NCC(COC(C)=O)OC(C)=O)c1I. The molecule has 19 heteroatoms. The number of halogens is 3. The molecule has 2 N–H and O–H groups in total. The van der Waals surface area contributed by atoms with Crippen molar-refractivity contribution in [2.24, 2.45) is 0 Å². The molecule has 0 aliphatic rings. The van der Waals surface area contributed by atoms with Crippen molar-refractivity contribution in [1.29, 1.82) is 0 Å². The van der Waals surface area contributed by atoms with Gasteiger partial charge < -0.3 is 29.0 Å². The van der Waals surface area contributed by atoms with E-state index in [0.717, 1.165) is 32.7 Å². The quantitative estimate of drug-likeness (QED) is 0.117. The molecule has 0 spiro atoms. The number of ether oxygens (including phenoxy) is 5. The molecule has 0 saturated carbocycles. The third kappa shape index (κ3) is 14.9. The van der Waals surface area contributed by atoms with E-state index in [1.807, 2.05) is 45.2 Å². The Morgan fingerprint density at radius 3 is 1.71 bits per heavy atom. The summed E-state index contributed by atoms with van der Waals surface area (Å²) < 4.78 is 25.8. The number of hydrogen-bond donors (Lipinski definition) is 2. The lowest BCUT2D eigenvalue weighted by molar-refractivity contribution is -0.158. The summed E-state index contributed by atoms with van der Waals surface area (Å²) in [7, 11) is 0. The van der Waals surface area contributed by atoms with Gasteiger partial charge >= 0.3 is 29.8 Å². The number of benzene rings is 1. The Morgan fingerprint density at radius 2 is 1.20 bits per heavy atom. The van der Waals surface area contributed by atoms with E-state index >= 15 is 0 Å². The number of hydrogen-bond acceptors (Lipinski definition) is 13. The Hall–Kier alpha value is -2.83. The number of esters is 5. The zero-order valence-corrected chi connectivity index (χ0v) is 31.1. The third-order valence-electron chi connectivity index (χ3n) is 5.01. The van der Waals surface area contributed by atoms with E-state index in [-0.39, 0.29) is 27.8 Å². The van der Waals surface area contributed by atoms with E-state index < -0.39 is 79.5 Å². The van der Waals surface area contributed by atoms with Crippen molar-refractivity contribution < 1.29 is 62.0 Å². The zero-order chi connectivity index (χ0) is 34.4. The summed E-state index contributed by atoms with van der Waals surface area (Å²) in [5.41, 5.74) is 2.34. The number of carbonyl (C=O) groups excluding carboxylic acids is 8. The molecule has 2 atom stereocenters. The molecular weight excluding hydrogens is 943 g/mol. The fourth-order valence-corrected chi connectivity index (χ4v) is 7.63. The number of rotatable bonds is 14. The highest BCUT2D eigenvalue weighted by molar-refractivity contribution is 14.1. The van der Waals surface area contributed by atoms with Gasteiger partial charge in [-0.05, 0) is 73.8 Å². The van der Waals surface area contributed by atoms with Crippen molar-refractivity contribution in [3.05, 3.63) is 27.9 Å². The largest absolute Gasteiger partial charge is 0.462 e. The predicted octanol–water partition coefficient (Wildman–Crippen LogP) is 1.26. The lowest BCUT2D eigenvalue weighted by Gasteiger charge is -2.28. The van der Waals surface area contributed by atoms with Gasteiger partial charge in [-0.3, -0.25) is 43.8 Å². The highest BCUT2D eigenvalue weighted by Gasteiger charge is 2.31. The van der Waals surface area contributed by atoms with Gasteiger partial charge in [-0.1, -0.05) is 0 Å². The lowest BCUT2D eigenvalue weighted by atomic mass is 10.1. The van der Waals surface area contributed by atoms with Crippen LogP contribution in [0.2, 0.25) is 0 Å². The number of nitrogens with zero attached hydrogens (tertiary/aromatic N) is 1. The second-order valence-electron chi connectivity index (χ2n) is 8.91. The summed E-state index contributed by atoms with van der Waals surface area (Å²) >= 11 is 5.56. The van der Waals surface area contributed by atoms with Crippen LogP contribution in [0.25, 0.3) is 0 Å². The minimum Gasteiger partial charge on any atom is -0.462 e. The van der Waals surface area contributed by atoms with E-state index in [1.165, 1.54) is 13.0 Å². The number of nitrogens with one attached hydrogen (secondary N) is 2. The first-order valence-corrected chi connectivity index (χ1v) is 16.0. The van der Waals surface area contributed by atoms with Gasteiger partial charge in [0, 0.05) is 45.3 Å². The van der Waals surface area contributed by atoms with E-state index in [2.05, 4.69) is 10.7 Å². The zero-order valence-electron chi connectivity index (χ0n) is 24.7. The van der Waals surface area contributed by atoms with Gasteiger partial charge in [0.15, 0.2) is 18.8 Å². The van der Waals surface area contributed by atoms with Crippen LogP contribution in [0, 0.1) is 10.7 Å². The van der Waals surface area contributed by atoms with Crippen molar-refractivity contribution in [2.45, 2.75) is 46.8 Å². The highest BCUT2D eigenvalue weighted by Crippen LogP contribution is 2.29. The van der Waals surface area contributed by atoms with Gasteiger partial charge in [0.2, 0.25) is 0 Å². The van der Waals surface area contributed by atoms with Crippen LogP contribution in [0.4, 0.5) is 0 Å². The molecule has 1 aromatic carbocycles. The first-order chi connectivity index (χ1) is 20.9. The van der Waals surface area contributed by atoms with Gasteiger partial charge in [0.1, 0.15) is 13.2 Å². The van der Waals surface area contributed by atoms with Crippen LogP contribution in [0.5, 0.6) is 0 Å². The normalized spacial score (nSPS) is 11.6. The molecule has 16 nitrogen and oxygen atoms in total. The molecule has 0 heterocycles. The fraction of sp³-hybridized carbons (Fsp3) is 0.462. The Balaban J connectivity index is 3.47. The van der Waals surface area contributed by atoms with Gasteiger partial charge in [0.05, 0.1) is 24.2 Å². The van der Waals surface area contributed by atoms with E-state index in [0.29, 0.717) is 7.14 Å². The summed E-state index contributed by atoms with van der Waals surface area (Å²) in [6.07, 6.45) is -2.21. The van der Waals surface area contributed by atoms with Gasteiger partial charge in [0.25, 0.3) is 17.7 Å². The number of carbonyl (C=O) groups is 8. The van der Waals surface area contributed by atoms with Gasteiger partial charge in [-0.2, -0.15) is 0 Å². The van der Waals surface area contributed by atoms with Gasteiger partial charge in [-0.15, -0.1) is 0 Å². The van der Waals surface area contributed by atoms with Crippen LogP contribution in [0.1, 0.15) is 55.3 Å². The summed E-state index contributed by atoms with van der Waals surface area (Å²) in [5, 5.41) is 3.38. The number of amides is 3. The summed E-state index contributed by atoms with van der Waals surface area (Å²) in [6, 6.07) is 1.54. The molecule has 1 rings (SSSR count). The second-order valence-corrected chi connectivity index (χ2v) is 12.3. The number of hydrazine groups is 1. The molecule has 0 radical (unpaired) electrons. The van der Waals surface area contributed by atoms with Crippen molar-refractivity contribution in [3.63, 3.8) is 0 Å². The van der Waals surface area contributed by atoms with Crippen molar-refractivity contribution in [3.8, 4) is 0 Å². The minimum absolute atomic E-state index is 0.0277. The molecule has 0 bridgehead atoms. The van der Waals surface area contributed by atoms with E-state index in [1.54, 1.807) is 22.6 Å². The van der Waals surface area contributed by atoms with E-state index in [9.17, 15) is 38.4 Å². The Morgan fingerprint density at radius 1 is 0.711 bits per heavy atom. The molecule has 0 aliphatic heterocycles. The lowest BCUT2D eigenvalue weighted by Crippen LogP contribution is -2.52. The summed E-state index contributed by atoms with van der Waals surface area (Å²) in [5.74, 6) is -5.90. The molecule has 1 aromatic rings. The van der Waals surface area contributed by atoms with Crippen LogP contribution in [-0.2, 0) is 52.5 Å². The molecule has 0 aliphatic carbocycles. The average Bonchev–Trinajstić information content (AvgIpc) is 2.90. The van der Waals surface area contributed by atoms with Crippen LogP contribution in [-0.4, -0.2) is 97.7 Å². The second kappa shape index (κ2) is 19.6. The molecule has 248 valence electrons. The van der Waals surface area contributed by atoms with Crippen LogP contribution in [0.3, 0.4) is 0 Å². The van der Waals surface area contributed by atoms with Crippen molar-refractivity contribution >= 4 is 115 Å². The van der Waals surface area contributed by atoms with Crippen molar-refractivity contribution in [2.75, 3.05) is 32.9 Å². The molecule has 3 amide bonds. The summed E-state index contributed by atoms with van der Waals surface area (Å²) in [4.78, 5) is 96.8. The average molecular weight is 973 g/mol. The maximum atomic E-state index is 13.9. The topological polar surface area (TPSA) is 210 Å². The molecule has 0 saturated heterocycles. The van der Waals surface area contributed by atoms with Crippen LogP contribution < -0.4 is 10.7 Å². The minimum atomic E-state index is -1.22. The van der Waals surface area contributed by atoms with E-state index in [4.69, 9.17) is 23.7 Å². The van der Waals surface area contributed by atoms with Gasteiger partial charge in [-0.25, -0.2) is 5.01 Å². The molecular formula is C26H30I3N3O13. The Kier molecular flexibility index (Phi) is 17.5. The maximum Gasteiger partial charge on any atom is 0.303 e. The molecule has 2 unspecified atom stereocenters. The monoisotopic (exact) mass is 973 g/mol. The molecule has 0 fully saturated rings.